The van der Waals surface area contributed by atoms with Crippen LogP contribution in [0.3, 0.4) is 0 Å². The summed E-state index contributed by atoms with van der Waals surface area (Å²) in [5, 5.41) is 0. The lowest BCUT2D eigenvalue weighted by Crippen LogP contribution is -2.69. The molecule has 4 aliphatic rings. The number of aryl methyl sites for hydroxylation is 1. The molecule has 2 aliphatic carbocycles. The summed E-state index contributed by atoms with van der Waals surface area (Å²) in [5.74, 6) is 1.52. The topological polar surface area (TPSA) is 76.2 Å². The minimum Gasteiger partial charge on any atom is -0.483 e. The Bertz CT molecular complexity index is 1450. The van der Waals surface area contributed by atoms with Gasteiger partial charge in [0.1, 0.15) is 11.9 Å². The maximum atomic E-state index is 14.0. The van der Waals surface area contributed by atoms with Crippen LogP contribution in [0.25, 0.3) is 6.08 Å². The van der Waals surface area contributed by atoms with Gasteiger partial charge in [0.05, 0.1) is 12.6 Å². The van der Waals surface area contributed by atoms with Crippen molar-refractivity contribution in [1.29, 1.82) is 0 Å². The predicted octanol–water partition coefficient (Wildman–Crippen LogP) is 5.12. The summed E-state index contributed by atoms with van der Waals surface area (Å²) < 4.78 is 12.6. The average molecular weight is 571 g/mol. The summed E-state index contributed by atoms with van der Waals surface area (Å²) in [5.41, 5.74) is 4.24. The van der Waals surface area contributed by atoms with E-state index in [-0.39, 0.29) is 47.2 Å². The van der Waals surface area contributed by atoms with Gasteiger partial charge in [-0.2, -0.15) is 0 Å². The van der Waals surface area contributed by atoms with Crippen molar-refractivity contribution in [3.8, 4) is 11.5 Å². The maximum Gasteiger partial charge on any atom is 0.308 e. The summed E-state index contributed by atoms with van der Waals surface area (Å²) in [7, 11) is 0. The predicted molar refractivity (Wildman–Crippen MR) is 161 cm³/mol. The molecular weight excluding hydrogens is 528 g/mol. The van der Waals surface area contributed by atoms with Crippen molar-refractivity contribution >= 4 is 23.7 Å². The van der Waals surface area contributed by atoms with E-state index >= 15 is 0 Å². The summed E-state index contributed by atoms with van der Waals surface area (Å²) in [6.07, 6.45) is 6.82. The van der Waals surface area contributed by atoms with Crippen LogP contribution in [0.2, 0.25) is 0 Å². The lowest BCUT2D eigenvalue weighted by atomic mass is 9.51. The standard InChI is InChI=1S/C35H42N2O5/c1-21(2)19-37(31(40)14-9-25-8-6-7-22(3)17-25)28-12-11-27-29-18-26-10-13-30(41-24(5)39)33-32(26)35(27,34(28)42-33)15-16-36(29)20-23(4)38/h6-10,13-14,17,21,27-29,34H,11-12,15-16,18-20H2,1-5H3/t27-,28+,29+,34-,35-/m0/s1. The number of Topliss-reactive ketones (excluding diaryl/α,β-unsaturated/α-hetero) is 1. The highest BCUT2D eigenvalue weighted by molar-refractivity contribution is 5.92. The number of nitrogens with zero attached hydrogens (tertiary/aromatic N) is 2. The molecule has 7 heteroatoms. The van der Waals surface area contributed by atoms with Gasteiger partial charge in [-0.15, -0.1) is 0 Å². The third kappa shape index (κ3) is 4.85. The Balaban J connectivity index is 1.41. The van der Waals surface area contributed by atoms with Gasteiger partial charge in [0.25, 0.3) is 0 Å². The molecule has 2 aromatic carbocycles. The summed E-state index contributed by atoms with van der Waals surface area (Å²) in [6.45, 7) is 11.3. The molecule has 222 valence electrons. The van der Waals surface area contributed by atoms with Crippen LogP contribution in [0, 0.1) is 18.8 Å². The molecule has 5 atom stereocenters. The third-order valence-electron chi connectivity index (χ3n) is 9.77. The highest BCUT2D eigenvalue weighted by atomic mass is 16.6. The van der Waals surface area contributed by atoms with Crippen LogP contribution in [0.1, 0.15) is 69.2 Å². The largest absolute Gasteiger partial charge is 0.483 e. The third-order valence-corrected chi connectivity index (χ3v) is 9.77. The zero-order valence-corrected chi connectivity index (χ0v) is 25.4. The van der Waals surface area contributed by atoms with Crippen molar-refractivity contribution in [1.82, 2.24) is 9.80 Å². The van der Waals surface area contributed by atoms with Gasteiger partial charge in [0, 0.05) is 36.6 Å². The van der Waals surface area contributed by atoms with Gasteiger partial charge in [-0.1, -0.05) is 49.7 Å². The Labute approximate surface area is 248 Å². The molecule has 0 aromatic heterocycles. The molecular formula is C35H42N2O5. The van der Waals surface area contributed by atoms with E-state index in [1.165, 1.54) is 18.1 Å². The SMILES string of the molecule is CC(=O)CN1CC[C@]23c4c5ccc(OC(C)=O)c4O[C@H]2[C@H](N(CC(C)C)C(=O)C=Cc2cccc(C)c2)CC[C@H]3[C@H]1C5. The Kier molecular flexibility index (Phi) is 7.50. The Morgan fingerprint density at radius 1 is 1.17 bits per heavy atom. The fourth-order valence-corrected chi connectivity index (χ4v) is 8.44. The number of amides is 1. The van der Waals surface area contributed by atoms with E-state index in [0.29, 0.717) is 30.5 Å². The van der Waals surface area contributed by atoms with E-state index in [1.807, 2.05) is 29.2 Å². The van der Waals surface area contributed by atoms with E-state index in [1.54, 1.807) is 13.0 Å². The number of carbonyl (C=O) groups is 3. The Morgan fingerprint density at radius 3 is 2.69 bits per heavy atom. The summed E-state index contributed by atoms with van der Waals surface area (Å²) in [4.78, 5) is 42.7. The van der Waals surface area contributed by atoms with E-state index in [0.717, 1.165) is 43.4 Å². The molecule has 2 fully saturated rings. The van der Waals surface area contributed by atoms with Crippen molar-refractivity contribution in [2.75, 3.05) is 19.6 Å². The first-order valence-electron chi connectivity index (χ1n) is 15.4. The second-order valence-corrected chi connectivity index (χ2v) is 13.2. The van der Waals surface area contributed by atoms with E-state index in [2.05, 4.69) is 43.9 Å². The first-order chi connectivity index (χ1) is 20.1. The van der Waals surface area contributed by atoms with Gasteiger partial charge in [0.15, 0.2) is 11.5 Å². The number of ether oxygens (including phenoxy) is 2. The first-order valence-corrected chi connectivity index (χ1v) is 15.4. The number of likely N-dealkylation sites (tertiary alicyclic amines) is 1. The van der Waals surface area contributed by atoms with Crippen LogP contribution >= 0.6 is 0 Å². The number of piperidine rings is 1. The van der Waals surface area contributed by atoms with Gasteiger partial charge in [-0.3, -0.25) is 19.3 Å². The molecule has 2 bridgehead atoms. The van der Waals surface area contributed by atoms with Gasteiger partial charge >= 0.3 is 5.97 Å². The normalized spacial score (nSPS) is 27.5. The lowest BCUT2D eigenvalue weighted by Gasteiger charge is -2.60. The van der Waals surface area contributed by atoms with Crippen LogP contribution in [-0.4, -0.2) is 65.3 Å². The number of rotatable bonds is 8. The van der Waals surface area contributed by atoms with Crippen molar-refractivity contribution in [2.45, 2.75) is 83.9 Å². The van der Waals surface area contributed by atoms with Crippen LogP contribution in [0.4, 0.5) is 0 Å². The Morgan fingerprint density at radius 2 is 1.98 bits per heavy atom. The zero-order valence-electron chi connectivity index (χ0n) is 25.4. The van der Waals surface area contributed by atoms with Crippen molar-refractivity contribution < 1.29 is 23.9 Å². The maximum absolute atomic E-state index is 14.0. The van der Waals surface area contributed by atoms with Crippen molar-refractivity contribution in [2.24, 2.45) is 11.8 Å². The highest BCUT2D eigenvalue weighted by Crippen LogP contribution is 2.64. The molecule has 0 N–H and O–H groups in total. The van der Waals surface area contributed by atoms with Gasteiger partial charge in [-0.25, -0.2) is 0 Å². The quantitative estimate of drug-likeness (QED) is 0.249. The second-order valence-electron chi connectivity index (χ2n) is 13.2. The molecule has 1 saturated carbocycles. The number of ketones is 1. The lowest BCUT2D eigenvalue weighted by molar-refractivity contribution is -0.139. The van der Waals surface area contributed by atoms with Crippen molar-refractivity contribution in [3.63, 3.8) is 0 Å². The number of carbonyl (C=O) groups excluding carboxylic acids is 3. The Hall–Kier alpha value is -3.45. The molecule has 6 rings (SSSR count). The van der Waals surface area contributed by atoms with Crippen LogP contribution in [0.5, 0.6) is 11.5 Å². The highest BCUT2D eigenvalue weighted by Gasteiger charge is 2.66. The molecule has 1 amide bonds. The van der Waals surface area contributed by atoms with Crippen LogP contribution in [0.15, 0.2) is 42.5 Å². The second kappa shape index (κ2) is 11.0. The minimum absolute atomic E-state index is 0.00794. The number of benzene rings is 2. The minimum atomic E-state index is -0.377. The molecule has 2 heterocycles. The molecule has 42 heavy (non-hydrogen) atoms. The molecule has 2 aliphatic heterocycles. The molecule has 1 saturated heterocycles. The van der Waals surface area contributed by atoms with Crippen LogP contribution in [-0.2, 0) is 26.2 Å². The average Bonchev–Trinajstić information content (AvgIpc) is 3.28. The van der Waals surface area contributed by atoms with Gasteiger partial charge in [0.2, 0.25) is 5.91 Å². The molecule has 0 radical (unpaired) electrons. The number of hydrogen-bond donors (Lipinski definition) is 0. The fraction of sp³-hybridized carbons (Fsp3) is 0.514. The fourth-order valence-electron chi connectivity index (χ4n) is 8.44. The van der Waals surface area contributed by atoms with Gasteiger partial charge in [-0.05, 0) is 81.2 Å². The monoisotopic (exact) mass is 570 g/mol. The summed E-state index contributed by atoms with van der Waals surface area (Å²) in [6, 6.07) is 12.2. The van der Waals surface area contributed by atoms with Gasteiger partial charge < -0.3 is 14.4 Å². The van der Waals surface area contributed by atoms with Crippen LogP contribution < -0.4 is 9.47 Å². The smallest absolute Gasteiger partial charge is 0.308 e. The van der Waals surface area contributed by atoms with E-state index < -0.39 is 0 Å². The molecule has 2 aromatic rings. The van der Waals surface area contributed by atoms with Crippen molar-refractivity contribution in [3.05, 3.63) is 64.7 Å². The zero-order chi connectivity index (χ0) is 29.8. The number of hydrogen-bond acceptors (Lipinski definition) is 6. The number of esters is 1. The summed E-state index contributed by atoms with van der Waals surface area (Å²) >= 11 is 0. The molecule has 7 nitrogen and oxygen atoms in total. The first kappa shape index (κ1) is 28.7. The molecule has 1 spiro atoms. The van der Waals surface area contributed by atoms with E-state index in [4.69, 9.17) is 9.47 Å². The molecule has 0 unspecified atom stereocenters. The van der Waals surface area contributed by atoms with E-state index in [9.17, 15) is 14.4 Å².